The Morgan fingerprint density at radius 3 is 2.67 bits per heavy atom. The molecular weight excluding hydrogens is 416 g/mol. The van der Waals surface area contributed by atoms with Gasteiger partial charge >= 0.3 is 6.03 Å². The predicted octanol–water partition coefficient (Wildman–Crippen LogP) is 4.82. The Bertz CT molecular complexity index is 1090. The van der Waals surface area contributed by atoms with E-state index in [1.165, 1.54) is 11.1 Å². The highest BCUT2D eigenvalue weighted by Crippen LogP contribution is 2.22. The lowest BCUT2D eigenvalue weighted by Gasteiger charge is -2.28. The fraction of sp³-hybridized carbons (Fsp3) is 0.269. The molecule has 1 aliphatic heterocycles. The maximum Gasteiger partial charge on any atom is 0.323 e. The third-order valence-corrected chi connectivity index (χ3v) is 5.52. The minimum atomic E-state index is -0.138. The van der Waals surface area contributed by atoms with Gasteiger partial charge in [-0.15, -0.1) is 5.10 Å². The first kappa shape index (κ1) is 22.3. The average Bonchev–Trinajstić information content (AvgIpc) is 2.85. The van der Waals surface area contributed by atoms with E-state index in [2.05, 4.69) is 39.8 Å². The second-order valence-electron chi connectivity index (χ2n) is 7.85. The molecule has 1 N–H and O–H groups in total. The third kappa shape index (κ3) is 6.55. The number of hydrogen-bond donors (Lipinski definition) is 1. The second kappa shape index (κ2) is 11.1. The van der Waals surface area contributed by atoms with Gasteiger partial charge in [-0.1, -0.05) is 35.9 Å². The van der Waals surface area contributed by atoms with E-state index in [0.29, 0.717) is 25.5 Å². The van der Waals surface area contributed by atoms with Crippen LogP contribution in [0.3, 0.4) is 0 Å². The van der Waals surface area contributed by atoms with Crippen LogP contribution in [0, 0.1) is 0 Å². The lowest BCUT2D eigenvalue weighted by atomic mass is 10.0. The molecule has 3 aromatic rings. The van der Waals surface area contributed by atoms with E-state index in [4.69, 9.17) is 9.47 Å². The fourth-order valence-electron chi connectivity index (χ4n) is 3.74. The first-order valence-corrected chi connectivity index (χ1v) is 11.1. The number of likely N-dealkylation sites (tertiary alicyclic amines) is 1. The minimum absolute atomic E-state index is 0.138. The Morgan fingerprint density at radius 2 is 1.88 bits per heavy atom. The van der Waals surface area contributed by atoms with E-state index < -0.39 is 0 Å². The molecule has 0 bridgehead atoms. The number of carbonyl (C=O) groups is 1. The van der Waals surface area contributed by atoms with Crippen molar-refractivity contribution >= 4 is 17.9 Å². The molecule has 0 spiro atoms. The summed E-state index contributed by atoms with van der Waals surface area (Å²) in [5, 5.41) is 10.5. The van der Waals surface area contributed by atoms with Crippen LogP contribution in [0.5, 0.6) is 11.5 Å². The van der Waals surface area contributed by atoms with Crippen molar-refractivity contribution in [2.45, 2.75) is 19.3 Å². The number of carbonyl (C=O) groups excluding carboxylic acids is 1. The zero-order chi connectivity index (χ0) is 22.9. The Kier molecular flexibility index (Phi) is 7.53. The molecule has 1 saturated heterocycles. The molecule has 1 fully saturated rings. The molecule has 0 radical (unpaired) electrons. The largest absolute Gasteiger partial charge is 0.497 e. The van der Waals surface area contributed by atoms with Crippen LogP contribution in [0.25, 0.3) is 6.08 Å². The third-order valence-electron chi connectivity index (χ3n) is 5.52. The molecule has 0 atom stereocenters. The van der Waals surface area contributed by atoms with Gasteiger partial charge < -0.3 is 14.4 Å². The van der Waals surface area contributed by atoms with Gasteiger partial charge in [0.15, 0.2) is 5.82 Å². The number of ether oxygens (including phenoxy) is 2. The Balaban J connectivity index is 1.27. The van der Waals surface area contributed by atoms with E-state index >= 15 is 0 Å². The van der Waals surface area contributed by atoms with E-state index in [0.717, 1.165) is 36.3 Å². The SMILES string of the molecule is COc1cccc(CCOc2cccc(C=C3CCN(C(=O)Nc4cccnn4)CC3)c2)c1. The number of hydrogen-bond acceptors (Lipinski definition) is 5. The topological polar surface area (TPSA) is 76.6 Å². The Morgan fingerprint density at radius 1 is 1.06 bits per heavy atom. The van der Waals surface area contributed by atoms with Gasteiger partial charge in [-0.3, -0.25) is 5.32 Å². The number of nitrogens with zero attached hydrogens (tertiary/aromatic N) is 3. The monoisotopic (exact) mass is 444 g/mol. The molecule has 1 aromatic heterocycles. The van der Waals surface area contributed by atoms with Gasteiger partial charge in [-0.05, 0) is 60.4 Å². The Labute approximate surface area is 194 Å². The van der Waals surface area contributed by atoms with Crippen LogP contribution in [0.4, 0.5) is 10.6 Å². The van der Waals surface area contributed by atoms with Gasteiger partial charge in [0, 0.05) is 25.7 Å². The first-order valence-electron chi connectivity index (χ1n) is 11.1. The van der Waals surface area contributed by atoms with Crippen LogP contribution in [0.1, 0.15) is 24.0 Å². The summed E-state index contributed by atoms with van der Waals surface area (Å²) in [4.78, 5) is 14.2. The van der Waals surface area contributed by atoms with E-state index in [9.17, 15) is 4.79 Å². The zero-order valence-electron chi connectivity index (χ0n) is 18.7. The molecule has 0 aliphatic carbocycles. The number of nitrogens with one attached hydrogen (secondary N) is 1. The number of piperidine rings is 1. The van der Waals surface area contributed by atoms with E-state index in [1.807, 2.05) is 35.2 Å². The fourth-order valence-corrected chi connectivity index (χ4v) is 3.74. The smallest absolute Gasteiger partial charge is 0.323 e. The average molecular weight is 445 g/mol. The molecule has 7 heteroatoms. The summed E-state index contributed by atoms with van der Waals surface area (Å²) in [5.41, 5.74) is 3.62. The maximum atomic E-state index is 12.4. The highest BCUT2D eigenvalue weighted by molar-refractivity contribution is 5.88. The zero-order valence-corrected chi connectivity index (χ0v) is 18.7. The quantitative estimate of drug-likeness (QED) is 0.566. The van der Waals surface area contributed by atoms with Crippen LogP contribution in [-0.4, -0.2) is 47.9 Å². The molecule has 0 unspecified atom stereocenters. The van der Waals surface area contributed by atoms with Gasteiger partial charge in [0.2, 0.25) is 0 Å². The van der Waals surface area contributed by atoms with Crippen LogP contribution in [0.15, 0.2) is 72.4 Å². The van der Waals surface area contributed by atoms with Crippen LogP contribution < -0.4 is 14.8 Å². The summed E-state index contributed by atoms with van der Waals surface area (Å²) in [5.74, 6) is 2.18. The van der Waals surface area contributed by atoms with Crippen LogP contribution >= 0.6 is 0 Å². The van der Waals surface area contributed by atoms with Gasteiger partial charge in [0.25, 0.3) is 0 Å². The van der Waals surface area contributed by atoms with Gasteiger partial charge in [0.05, 0.1) is 13.7 Å². The highest BCUT2D eigenvalue weighted by atomic mass is 16.5. The summed E-state index contributed by atoms with van der Waals surface area (Å²) in [6.45, 7) is 1.95. The number of anilines is 1. The molecule has 4 rings (SSSR count). The number of methoxy groups -OCH3 is 1. The van der Waals surface area contributed by atoms with Crippen molar-refractivity contribution in [2.75, 3.05) is 32.1 Å². The number of rotatable bonds is 7. The summed E-state index contributed by atoms with van der Waals surface area (Å²) >= 11 is 0. The van der Waals surface area contributed by atoms with Crippen molar-refractivity contribution in [1.29, 1.82) is 0 Å². The summed E-state index contributed by atoms with van der Waals surface area (Å²) in [6, 6.07) is 19.5. The molecule has 7 nitrogen and oxygen atoms in total. The lowest BCUT2D eigenvalue weighted by Crippen LogP contribution is -2.39. The van der Waals surface area contributed by atoms with Crippen molar-refractivity contribution in [2.24, 2.45) is 0 Å². The van der Waals surface area contributed by atoms with Crippen molar-refractivity contribution in [3.8, 4) is 11.5 Å². The molecular formula is C26H28N4O3. The Hall–Kier alpha value is -3.87. The summed E-state index contributed by atoms with van der Waals surface area (Å²) < 4.78 is 11.3. The normalized spacial score (nSPS) is 13.4. The van der Waals surface area contributed by atoms with Gasteiger partial charge in [0.1, 0.15) is 11.5 Å². The molecule has 170 valence electrons. The highest BCUT2D eigenvalue weighted by Gasteiger charge is 2.19. The minimum Gasteiger partial charge on any atom is -0.497 e. The molecule has 2 amide bonds. The standard InChI is InChI=1S/C26H28N4O3/c1-32-23-7-2-5-20(18-23)12-16-33-24-8-3-6-22(19-24)17-21-10-14-30(15-11-21)26(31)28-25-9-4-13-27-29-25/h2-9,13,17-19H,10-12,14-16H2,1H3,(H,28,29,31). The second-order valence-corrected chi connectivity index (χ2v) is 7.85. The maximum absolute atomic E-state index is 12.4. The van der Waals surface area contributed by atoms with Crippen molar-refractivity contribution in [3.05, 3.63) is 83.6 Å². The summed E-state index contributed by atoms with van der Waals surface area (Å²) in [6.07, 6.45) is 6.28. The number of amides is 2. The van der Waals surface area contributed by atoms with E-state index in [1.54, 1.807) is 25.4 Å². The molecule has 1 aliphatic rings. The molecule has 2 aromatic carbocycles. The first-order chi connectivity index (χ1) is 16.2. The number of aromatic nitrogens is 2. The predicted molar refractivity (Wildman–Crippen MR) is 128 cm³/mol. The number of benzene rings is 2. The lowest BCUT2D eigenvalue weighted by molar-refractivity contribution is 0.207. The molecule has 0 saturated carbocycles. The van der Waals surface area contributed by atoms with E-state index in [-0.39, 0.29) is 6.03 Å². The molecule has 33 heavy (non-hydrogen) atoms. The van der Waals surface area contributed by atoms with Crippen LogP contribution in [0.2, 0.25) is 0 Å². The summed E-state index contributed by atoms with van der Waals surface area (Å²) in [7, 11) is 1.67. The van der Waals surface area contributed by atoms with Gasteiger partial charge in [-0.2, -0.15) is 5.10 Å². The molecule has 2 heterocycles. The van der Waals surface area contributed by atoms with Crippen molar-refractivity contribution in [1.82, 2.24) is 15.1 Å². The van der Waals surface area contributed by atoms with Gasteiger partial charge in [-0.25, -0.2) is 4.79 Å². The van der Waals surface area contributed by atoms with Crippen LogP contribution in [-0.2, 0) is 6.42 Å². The van der Waals surface area contributed by atoms with Crippen molar-refractivity contribution in [3.63, 3.8) is 0 Å². The number of urea groups is 1. The van der Waals surface area contributed by atoms with Crippen molar-refractivity contribution < 1.29 is 14.3 Å².